The van der Waals surface area contributed by atoms with Crippen molar-refractivity contribution < 1.29 is 9.47 Å². The van der Waals surface area contributed by atoms with E-state index in [0.717, 1.165) is 13.2 Å². The van der Waals surface area contributed by atoms with Crippen LogP contribution in [-0.4, -0.2) is 40.0 Å². The molecule has 0 saturated heterocycles. The van der Waals surface area contributed by atoms with Gasteiger partial charge in [-0.1, -0.05) is 13.3 Å². The Labute approximate surface area is 93.5 Å². The molecule has 1 rings (SSSR count). The van der Waals surface area contributed by atoms with Crippen molar-refractivity contribution in [3.8, 4) is 0 Å². The van der Waals surface area contributed by atoms with E-state index in [0.29, 0.717) is 18.6 Å². The molecule has 3 heteroatoms. The van der Waals surface area contributed by atoms with Crippen LogP contribution in [-0.2, 0) is 9.47 Å². The normalized spacial score (nSPS) is 18.0. The average Bonchev–Trinajstić information content (AvgIpc) is 2.98. The molecule has 0 aromatic heterocycles. The van der Waals surface area contributed by atoms with E-state index in [4.69, 9.17) is 9.47 Å². The summed E-state index contributed by atoms with van der Waals surface area (Å²) in [6, 6.07) is 0. The van der Waals surface area contributed by atoms with E-state index in [2.05, 4.69) is 12.2 Å². The summed E-state index contributed by atoms with van der Waals surface area (Å²) < 4.78 is 10.3. The van der Waals surface area contributed by atoms with Crippen molar-refractivity contribution in [2.45, 2.75) is 32.6 Å². The van der Waals surface area contributed by atoms with Crippen molar-refractivity contribution in [3.05, 3.63) is 0 Å². The standard InChI is InChI=1S/C12H25NO2/c1-3-4-12(5-6-12)11-13-7-8-15-10-9-14-2/h13H,3-11H2,1-2H3. The summed E-state index contributed by atoms with van der Waals surface area (Å²) in [6.07, 6.45) is 5.52. The Bertz CT molecular complexity index is 158. The molecule has 90 valence electrons. The Morgan fingerprint density at radius 3 is 2.60 bits per heavy atom. The van der Waals surface area contributed by atoms with Crippen LogP contribution in [0.2, 0.25) is 0 Å². The third-order valence-electron chi connectivity index (χ3n) is 3.09. The van der Waals surface area contributed by atoms with Gasteiger partial charge in [-0.3, -0.25) is 0 Å². The Morgan fingerprint density at radius 1 is 1.20 bits per heavy atom. The smallest absolute Gasteiger partial charge is 0.0700 e. The van der Waals surface area contributed by atoms with Crippen LogP contribution in [0.5, 0.6) is 0 Å². The molecule has 0 atom stereocenters. The first-order valence-corrected chi connectivity index (χ1v) is 6.10. The molecule has 1 fully saturated rings. The lowest BCUT2D eigenvalue weighted by molar-refractivity contribution is 0.0715. The Morgan fingerprint density at radius 2 is 2.00 bits per heavy atom. The molecule has 0 radical (unpaired) electrons. The lowest BCUT2D eigenvalue weighted by Gasteiger charge is -2.14. The van der Waals surface area contributed by atoms with E-state index in [1.54, 1.807) is 7.11 Å². The first-order valence-electron chi connectivity index (χ1n) is 6.10. The monoisotopic (exact) mass is 215 g/mol. The summed E-state index contributed by atoms with van der Waals surface area (Å²) >= 11 is 0. The van der Waals surface area contributed by atoms with Crippen LogP contribution < -0.4 is 5.32 Å². The van der Waals surface area contributed by atoms with Crippen LogP contribution in [0.4, 0.5) is 0 Å². The van der Waals surface area contributed by atoms with Gasteiger partial charge in [0.15, 0.2) is 0 Å². The first-order chi connectivity index (χ1) is 7.33. The summed E-state index contributed by atoms with van der Waals surface area (Å²) in [4.78, 5) is 0. The summed E-state index contributed by atoms with van der Waals surface area (Å²) in [5.41, 5.74) is 0.654. The molecule has 0 unspecified atom stereocenters. The van der Waals surface area contributed by atoms with E-state index in [9.17, 15) is 0 Å². The van der Waals surface area contributed by atoms with Crippen LogP contribution in [0, 0.1) is 5.41 Å². The zero-order valence-corrected chi connectivity index (χ0v) is 10.2. The number of methoxy groups -OCH3 is 1. The zero-order chi connectivity index (χ0) is 11.0. The quantitative estimate of drug-likeness (QED) is 0.564. The maximum atomic E-state index is 5.38. The van der Waals surface area contributed by atoms with Gasteiger partial charge in [0.25, 0.3) is 0 Å². The van der Waals surface area contributed by atoms with Gasteiger partial charge < -0.3 is 14.8 Å². The van der Waals surface area contributed by atoms with Gasteiger partial charge in [0, 0.05) is 20.2 Å². The second-order valence-corrected chi connectivity index (χ2v) is 4.53. The molecule has 0 aliphatic heterocycles. The molecular weight excluding hydrogens is 190 g/mol. The minimum absolute atomic E-state index is 0.654. The molecule has 1 aliphatic carbocycles. The van der Waals surface area contributed by atoms with E-state index in [-0.39, 0.29) is 0 Å². The topological polar surface area (TPSA) is 30.5 Å². The highest BCUT2D eigenvalue weighted by atomic mass is 16.5. The van der Waals surface area contributed by atoms with Crippen molar-refractivity contribution in [3.63, 3.8) is 0 Å². The van der Waals surface area contributed by atoms with Crippen molar-refractivity contribution in [2.24, 2.45) is 5.41 Å². The first kappa shape index (κ1) is 12.9. The summed E-state index contributed by atoms with van der Waals surface area (Å²) in [5, 5.41) is 3.48. The molecule has 3 nitrogen and oxygen atoms in total. The molecule has 1 saturated carbocycles. The SMILES string of the molecule is CCCC1(CNCCOCCOC)CC1. The fourth-order valence-electron chi connectivity index (χ4n) is 1.96. The van der Waals surface area contributed by atoms with E-state index in [1.165, 1.54) is 32.2 Å². The van der Waals surface area contributed by atoms with Crippen molar-refractivity contribution >= 4 is 0 Å². The lowest BCUT2D eigenvalue weighted by Crippen LogP contribution is -2.27. The third kappa shape index (κ3) is 5.50. The second-order valence-electron chi connectivity index (χ2n) is 4.53. The van der Waals surface area contributed by atoms with Gasteiger partial charge in [0.2, 0.25) is 0 Å². The van der Waals surface area contributed by atoms with Crippen LogP contribution in [0.25, 0.3) is 0 Å². The number of hydrogen-bond donors (Lipinski definition) is 1. The van der Waals surface area contributed by atoms with Gasteiger partial charge in [0.05, 0.1) is 19.8 Å². The van der Waals surface area contributed by atoms with E-state index in [1.807, 2.05) is 0 Å². The number of ether oxygens (including phenoxy) is 2. The molecule has 0 amide bonds. The minimum atomic E-state index is 0.654. The van der Waals surface area contributed by atoms with Crippen LogP contribution in [0.1, 0.15) is 32.6 Å². The highest BCUT2D eigenvalue weighted by molar-refractivity contribution is 4.94. The van der Waals surface area contributed by atoms with Gasteiger partial charge in [-0.25, -0.2) is 0 Å². The number of rotatable bonds is 10. The van der Waals surface area contributed by atoms with Gasteiger partial charge in [-0.2, -0.15) is 0 Å². The van der Waals surface area contributed by atoms with Crippen molar-refractivity contribution in [2.75, 3.05) is 40.0 Å². The second kappa shape index (κ2) is 7.20. The van der Waals surface area contributed by atoms with Gasteiger partial charge in [-0.05, 0) is 24.7 Å². The molecule has 0 spiro atoms. The minimum Gasteiger partial charge on any atom is -0.382 e. The molecular formula is C12H25NO2. The highest BCUT2D eigenvalue weighted by Gasteiger charge is 2.40. The van der Waals surface area contributed by atoms with Crippen molar-refractivity contribution in [1.82, 2.24) is 5.32 Å². The molecule has 0 aromatic rings. The number of hydrogen-bond acceptors (Lipinski definition) is 3. The molecule has 1 aliphatic rings. The van der Waals surface area contributed by atoms with Gasteiger partial charge in [0.1, 0.15) is 0 Å². The fraction of sp³-hybridized carbons (Fsp3) is 1.00. The largest absolute Gasteiger partial charge is 0.382 e. The van der Waals surface area contributed by atoms with Gasteiger partial charge >= 0.3 is 0 Å². The van der Waals surface area contributed by atoms with E-state index < -0.39 is 0 Å². The maximum absolute atomic E-state index is 5.38. The van der Waals surface area contributed by atoms with Crippen LogP contribution in [0.15, 0.2) is 0 Å². The summed E-state index contributed by atoms with van der Waals surface area (Å²) in [5.74, 6) is 0. The van der Waals surface area contributed by atoms with Gasteiger partial charge in [-0.15, -0.1) is 0 Å². The predicted octanol–water partition coefficient (Wildman–Crippen LogP) is 1.82. The molecule has 0 aromatic carbocycles. The van der Waals surface area contributed by atoms with Crippen LogP contribution in [0.3, 0.4) is 0 Å². The van der Waals surface area contributed by atoms with E-state index >= 15 is 0 Å². The fourth-order valence-corrected chi connectivity index (χ4v) is 1.96. The summed E-state index contributed by atoms with van der Waals surface area (Å²) in [6.45, 7) is 6.61. The number of nitrogens with one attached hydrogen (secondary N) is 1. The van der Waals surface area contributed by atoms with Crippen molar-refractivity contribution in [1.29, 1.82) is 0 Å². The Hall–Kier alpha value is -0.120. The average molecular weight is 215 g/mol. The lowest BCUT2D eigenvalue weighted by atomic mass is 10.0. The highest BCUT2D eigenvalue weighted by Crippen LogP contribution is 2.48. The van der Waals surface area contributed by atoms with Crippen LogP contribution >= 0.6 is 0 Å². The maximum Gasteiger partial charge on any atom is 0.0700 e. The predicted molar refractivity (Wildman–Crippen MR) is 62.1 cm³/mol. The molecule has 0 heterocycles. The Balaban J connectivity index is 1.84. The summed E-state index contributed by atoms with van der Waals surface area (Å²) in [7, 11) is 1.70. The molecule has 1 N–H and O–H groups in total. The third-order valence-corrected chi connectivity index (χ3v) is 3.09. The molecule has 15 heavy (non-hydrogen) atoms. The zero-order valence-electron chi connectivity index (χ0n) is 10.2. The Kier molecular flexibility index (Phi) is 6.22. The molecule has 0 bridgehead atoms.